The Hall–Kier alpha value is -3.67. The second kappa shape index (κ2) is 4.91. The molecule has 1 N–H and O–H groups in total. The number of hydrogen-bond donors (Lipinski definition) is 1. The van der Waals surface area contributed by atoms with Crippen molar-refractivity contribution in [1.82, 2.24) is 15.0 Å². The Morgan fingerprint density at radius 1 is 0.960 bits per heavy atom. The minimum Gasteiger partial charge on any atom is -0.475 e. The van der Waals surface area contributed by atoms with Crippen LogP contribution in [0.25, 0.3) is 38.5 Å². The number of carbonyl (C=O) groups is 1. The zero-order valence-electron chi connectivity index (χ0n) is 12.9. The van der Waals surface area contributed by atoms with Gasteiger partial charge < -0.3 is 9.52 Å². The van der Waals surface area contributed by atoms with Crippen molar-refractivity contribution in [2.24, 2.45) is 0 Å². The lowest BCUT2D eigenvalue weighted by molar-refractivity contribution is 0.0665. The molecule has 5 rings (SSSR count). The number of hydrogen-bond acceptors (Lipinski definition) is 4. The topological polar surface area (TPSA) is 81.1 Å². The van der Waals surface area contributed by atoms with E-state index in [0.29, 0.717) is 11.3 Å². The number of fused-ring (bicyclic) bond motifs is 4. The summed E-state index contributed by atoms with van der Waals surface area (Å²) in [5.74, 6) is -1.18. The molecule has 0 aliphatic heterocycles. The molecule has 0 saturated heterocycles. The molecule has 0 atom stereocenters. The molecule has 6 nitrogen and oxygen atoms in total. The van der Waals surface area contributed by atoms with Gasteiger partial charge in [0.25, 0.3) is 0 Å². The van der Waals surface area contributed by atoms with E-state index in [2.05, 4.69) is 10.2 Å². The molecule has 0 fully saturated rings. The third-order valence-corrected chi connectivity index (χ3v) is 4.22. The lowest BCUT2D eigenvalue weighted by Crippen LogP contribution is -1.97. The predicted molar refractivity (Wildman–Crippen MR) is 93.1 cm³/mol. The number of aromatic nitrogens is 3. The summed E-state index contributed by atoms with van der Waals surface area (Å²) in [5, 5.41) is 21.1. The summed E-state index contributed by atoms with van der Waals surface area (Å²) < 4.78 is 5.37. The minimum absolute atomic E-state index is 0.0864. The van der Waals surface area contributed by atoms with Crippen molar-refractivity contribution < 1.29 is 14.3 Å². The Labute approximate surface area is 140 Å². The molecule has 0 unspecified atom stereocenters. The molecule has 0 aliphatic rings. The number of carboxylic acids is 1. The first-order valence-electron chi connectivity index (χ1n) is 7.71. The second-order valence-corrected chi connectivity index (χ2v) is 5.78. The van der Waals surface area contributed by atoms with Gasteiger partial charge in [-0.1, -0.05) is 30.3 Å². The number of furan rings is 1. The molecule has 0 saturated carbocycles. The van der Waals surface area contributed by atoms with Gasteiger partial charge in [0.05, 0.1) is 5.69 Å². The number of rotatable bonds is 2. The fourth-order valence-corrected chi connectivity index (χ4v) is 3.01. The average Bonchev–Trinajstić information content (AvgIpc) is 3.25. The van der Waals surface area contributed by atoms with Crippen LogP contribution in [-0.4, -0.2) is 26.1 Å². The Balaban J connectivity index is 1.70. The molecular formula is C19H11N3O3. The van der Waals surface area contributed by atoms with Crippen molar-refractivity contribution in [3.8, 4) is 5.69 Å². The van der Waals surface area contributed by atoms with Crippen LogP contribution in [0.2, 0.25) is 0 Å². The molecule has 25 heavy (non-hydrogen) atoms. The van der Waals surface area contributed by atoms with E-state index in [0.717, 1.165) is 27.2 Å². The summed E-state index contributed by atoms with van der Waals surface area (Å²) in [6.45, 7) is 0. The maximum atomic E-state index is 11.0. The Morgan fingerprint density at radius 3 is 2.68 bits per heavy atom. The summed E-state index contributed by atoms with van der Waals surface area (Å²) in [6.07, 6.45) is 0. The van der Waals surface area contributed by atoms with Crippen LogP contribution in [0.15, 0.2) is 65.1 Å². The van der Waals surface area contributed by atoms with Gasteiger partial charge in [0, 0.05) is 16.8 Å². The van der Waals surface area contributed by atoms with Gasteiger partial charge in [0.15, 0.2) is 0 Å². The van der Waals surface area contributed by atoms with Crippen LogP contribution in [0.3, 0.4) is 0 Å². The van der Waals surface area contributed by atoms with E-state index in [4.69, 9.17) is 9.52 Å². The lowest BCUT2D eigenvalue weighted by Gasteiger charge is -1.98. The molecule has 0 aliphatic carbocycles. The van der Waals surface area contributed by atoms with E-state index in [1.54, 1.807) is 16.9 Å². The number of nitrogens with zero attached hydrogens (tertiary/aromatic N) is 3. The smallest absolute Gasteiger partial charge is 0.371 e. The third-order valence-electron chi connectivity index (χ3n) is 4.22. The zero-order chi connectivity index (χ0) is 17.0. The summed E-state index contributed by atoms with van der Waals surface area (Å²) in [6, 6.07) is 18.9. The standard InChI is InChI=1S/C19H11N3O3/c23-19(24)17-9-12-5-7-13(10-16(12)25-17)22-20-15-8-6-11-3-1-2-4-14(11)18(15)21-22/h1-10H,(H,23,24). The summed E-state index contributed by atoms with van der Waals surface area (Å²) >= 11 is 0. The molecule has 120 valence electrons. The molecule has 0 radical (unpaired) electrons. The Morgan fingerprint density at radius 2 is 1.80 bits per heavy atom. The van der Waals surface area contributed by atoms with Crippen molar-refractivity contribution >= 4 is 38.7 Å². The average molecular weight is 329 g/mol. The van der Waals surface area contributed by atoms with Gasteiger partial charge >= 0.3 is 5.97 Å². The number of aromatic carboxylic acids is 1. The summed E-state index contributed by atoms with van der Waals surface area (Å²) in [5.41, 5.74) is 2.81. The van der Waals surface area contributed by atoms with Crippen LogP contribution < -0.4 is 0 Å². The molecule has 2 aromatic heterocycles. The normalized spacial score (nSPS) is 11.5. The van der Waals surface area contributed by atoms with Crippen LogP contribution in [0.1, 0.15) is 10.6 Å². The molecule has 3 aromatic carbocycles. The number of benzene rings is 3. The fraction of sp³-hybridized carbons (Fsp3) is 0. The van der Waals surface area contributed by atoms with Crippen LogP contribution in [0.5, 0.6) is 0 Å². The van der Waals surface area contributed by atoms with Crippen molar-refractivity contribution in [2.75, 3.05) is 0 Å². The number of carboxylic acid groups (broad SMARTS) is 1. The zero-order valence-corrected chi connectivity index (χ0v) is 12.9. The molecule has 2 heterocycles. The largest absolute Gasteiger partial charge is 0.475 e. The molecule has 6 heteroatoms. The highest BCUT2D eigenvalue weighted by atomic mass is 16.4. The van der Waals surface area contributed by atoms with Crippen LogP contribution in [0, 0.1) is 0 Å². The second-order valence-electron chi connectivity index (χ2n) is 5.78. The van der Waals surface area contributed by atoms with Crippen LogP contribution in [-0.2, 0) is 0 Å². The molecule has 5 aromatic rings. The quantitative estimate of drug-likeness (QED) is 0.529. The van der Waals surface area contributed by atoms with Gasteiger partial charge in [0.1, 0.15) is 16.6 Å². The van der Waals surface area contributed by atoms with Crippen molar-refractivity contribution in [1.29, 1.82) is 0 Å². The van der Waals surface area contributed by atoms with E-state index in [-0.39, 0.29) is 5.76 Å². The molecule has 0 bridgehead atoms. The first-order chi connectivity index (χ1) is 12.2. The fourth-order valence-electron chi connectivity index (χ4n) is 3.01. The van der Waals surface area contributed by atoms with E-state index >= 15 is 0 Å². The van der Waals surface area contributed by atoms with E-state index < -0.39 is 5.97 Å². The molecule has 0 amide bonds. The highest BCUT2D eigenvalue weighted by molar-refractivity contribution is 6.03. The first kappa shape index (κ1) is 13.7. The highest BCUT2D eigenvalue weighted by Crippen LogP contribution is 2.25. The molecule has 0 spiro atoms. The van der Waals surface area contributed by atoms with E-state index in [9.17, 15) is 4.79 Å². The van der Waals surface area contributed by atoms with Crippen LogP contribution >= 0.6 is 0 Å². The van der Waals surface area contributed by atoms with Crippen LogP contribution in [0.4, 0.5) is 0 Å². The highest BCUT2D eigenvalue weighted by Gasteiger charge is 2.13. The maximum Gasteiger partial charge on any atom is 0.371 e. The van der Waals surface area contributed by atoms with Gasteiger partial charge in [0.2, 0.25) is 5.76 Å². The van der Waals surface area contributed by atoms with Crippen molar-refractivity contribution in [3.05, 3.63) is 66.4 Å². The minimum atomic E-state index is -1.09. The monoisotopic (exact) mass is 329 g/mol. The van der Waals surface area contributed by atoms with Gasteiger partial charge in [-0.2, -0.15) is 4.80 Å². The first-order valence-corrected chi connectivity index (χ1v) is 7.71. The van der Waals surface area contributed by atoms with Crippen molar-refractivity contribution in [2.45, 2.75) is 0 Å². The van der Waals surface area contributed by atoms with E-state index in [1.165, 1.54) is 6.07 Å². The summed E-state index contributed by atoms with van der Waals surface area (Å²) in [7, 11) is 0. The van der Waals surface area contributed by atoms with E-state index in [1.807, 2.05) is 42.5 Å². The Kier molecular flexibility index (Phi) is 2.70. The maximum absolute atomic E-state index is 11.0. The van der Waals surface area contributed by atoms with Gasteiger partial charge in [-0.25, -0.2) is 4.79 Å². The predicted octanol–water partition coefficient (Wildman–Crippen LogP) is 4.02. The third kappa shape index (κ3) is 2.08. The molecular weight excluding hydrogens is 318 g/mol. The van der Waals surface area contributed by atoms with Crippen molar-refractivity contribution in [3.63, 3.8) is 0 Å². The van der Waals surface area contributed by atoms with Gasteiger partial charge in [-0.05, 0) is 29.7 Å². The SMILES string of the molecule is O=C(O)c1cc2ccc(-n3nc4ccc5ccccc5c4n3)cc2o1. The van der Waals surface area contributed by atoms with Gasteiger partial charge in [-0.15, -0.1) is 10.2 Å². The van der Waals surface area contributed by atoms with Gasteiger partial charge in [-0.3, -0.25) is 0 Å². The summed E-state index contributed by atoms with van der Waals surface area (Å²) in [4.78, 5) is 12.6. The lowest BCUT2D eigenvalue weighted by atomic mass is 10.1. The Bertz CT molecular complexity index is 1280.